The molecule has 0 bridgehead atoms. The summed E-state index contributed by atoms with van der Waals surface area (Å²) in [7, 11) is 0. The van der Waals surface area contributed by atoms with E-state index in [0.717, 1.165) is 0 Å². The first kappa shape index (κ1) is 30.5. The molecule has 1 aromatic rings. The molecule has 0 fully saturated rings. The second-order valence-electron chi connectivity index (χ2n) is 9.05. The Balaban J connectivity index is 3.00. The summed E-state index contributed by atoms with van der Waals surface area (Å²) in [5.41, 5.74) is 6.48. The van der Waals surface area contributed by atoms with Crippen LogP contribution < -0.4 is 21.7 Å². The molecule has 5 unspecified atom stereocenters. The molecule has 0 aliphatic heterocycles. The van der Waals surface area contributed by atoms with Crippen LogP contribution in [0, 0.1) is 5.92 Å². The van der Waals surface area contributed by atoms with E-state index in [0.29, 0.717) is 12.0 Å². The number of rotatable bonds is 15. The Bertz CT molecular complexity index is 907. The molecule has 12 heteroatoms. The van der Waals surface area contributed by atoms with Gasteiger partial charge in [0.05, 0.1) is 12.1 Å². The van der Waals surface area contributed by atoms with Crippen molar-refractivity contribution in [3.8, 4) is 0 Å². The molecular weight excluding hydrogens is 472 g/mol. The third-order valence-electron chi connectivity index (χ3n) is 5.30. The highest BCUT2D eigenvalue weighted by Gasteiger charge is 2.32. The molecule has 1 aromatic carbocycles. The van der Waals surface area contributed by atoms with E-state index in [1.54, 1.807) is 30.3 Å². The molecule has 0 aromatic heterocycles. The Morgan fingerprint density at radius 3 is 1.94 bits per heavy atom. The Hall–Kier alpha value is -3.51. The van der Waals surface area contributed by atoms with Gasteiger partial charge >= 0.3 is 11.9 Å². The van der Waals surface area contributed by atoms with Crippen LogP contribution in [0.5, 0.6) is 0 Å². The number of hydrogen-bond donors (Lipinski definition) is 7. The van der Waals surface area contributed by atoms with E-state index in [1.807, 2.05) is 13.8 Å². The number of hydrogen-bond acceptors (Lipinski definition) is 7. The monoisotopic (exact) mass is 508 g/mol. The lowest BCUT2D eigenvalue weighted by Crippen LogP contribution is -2.60. The molecule has 12 nitrogen and oxygen atoms in total. The van der Waals surface area contributed by atoms with Crippen LogP contribution in [0.15, 0.2) is 30.3 Å². The van der Waals surface area contributed by atoms with E-state index in [2.05, 4.69) is 16.0 Å². The number of nitrogens with two attached hydrogens (primary N) is 1. The maximum Gasteiger partial charge on any atom is 0.326 e. The number of amides is 3. The number of carboxylic acids is 2. The van der Waals surface area contributed by atoms with Crippen LogP contribution in [-0.2, 0) is 30.4 Å². The number of carbonyl (C=O) groups excluding carboxylic acids is 3. The van der Waals surface area contributed by atoms with Crippen molar-refractivity contribution in [1.82, 2.24) is 16.0 Å². The summed E-state index contributed by atoms with van der Waals surface area (Å²) < 4.78 is 0. The molecule has 0 saturated heterocycles. The van der Waals surface area contributed by atoms with E-state index in [4.69, 9.17) is 10.8 Å². The standard InChI is InChI=1S/C24H36N4O8/c1-13(2)11-16(25)21(32)28-20(14(3)29)23(34)26-17(9-10-19(30)31)22(33)27-18(24(35)36)12-15-7-5-4-6-8-15/h4-8,13-14,16-18,20,29H,9-12,25H2,1-3H3,(H,26,34)(H,27,33)(H,28,32)(H,30,31)(H,35,36). The molecule has 0 radical (unpaired) electrons. The van der Waals surface area contributed by atoms with Gasteiger partial charge in [0, 0.05) is 12.8 Å². The van der Waals surface area contributed by atoms with Crippen molar-refractivity contribution in [2.75, 3.05) is 0 Å². The van der Waals surface area contributed by atoms with Crippen LogP contribution in [0.4, 0.5) is 0 Å². The second-order valence-corrected chi connectivity index (χ2v) is 9.05. The van der Waals surface area contributed by atoms with Crippen molar-refractivity contribution < 1.29 is 39.3 Å². The van der Waals surface area contributed by atoms with Crippen LogP contribution in [0.1, 0.15) is 45.6 Å². The average molecular weight is 509 g/mol. The van der Waals surface area contributed by atoms with Crippen molar-refractivity contribution >= 4 is 29.7 Å². The summed E-state index contributed by atoms with van der Waals surface area (Å²) in [5.74, 6) is -4.99. The topological polar surface area (TPSA) is 208 Å². The highest BCUT2D eigenvalue weighted by molar-refractivity contribution is 5.94. The van der Waals surface area contributed by atoms with Crippen LogP contribution >= 0.6 is 0 Å². The van der Waals surface area contributed by atoms with Gasteiger partial charge in [-0.05, 0) is 31.2 Å². The number of carboxylic acid groups (broad SMARTS) is 2. The quantitative estimate of drug-likeness (QED) is 0.161. The predicted octanol–water partition coefficient (Wildman–Crippen LogP) is -0.613. The largest absolute Gasteiger partial charge is 0.481 e. The minimum absolute atomic E-state index is 0.0401. The number of benzene rings is 1. The maximum atomic E-state index is 12.9. The van der Waals surface area contributed by atoms with Gasteiger partial charge in [0.25, 0.3) is 0 Å². The molecule has 0 aliphatic rings. The molecule has 8 N–H and O–H groups in total. The molecule has 36 heavy (non-hydrogen) atoms. The molecule has 5 atom stereocenters. The van der Waals surface area contributed by atoms with Gasteiger partial charge in [0.15, 0.2) is 0 Å². The summed E-state index contributed by atoms with van der Waals surface area (Å²) in [6, 6.07) is 3.36. The minimum atomic E-state index is -1.48. The van der Waals surface area contributed by atoms with Gasteiger partial charge in [-0.1, -0.05) is 44.2 Å². The van der Waals surface area contributed by atoms with Crippen LogP contribution in [0.3, 0.4) is 0 Å². The second kappa shape index (κ2) is 14.8. The Morgan fingerprint density at radius 2 is 1.44 bits per heavy atom. The van der Waals surface area contributed by atoms with Crippen LogP contribution in [-0.4, -0.2) is 75.3 Å². The highest BCUT2D eigenvalue weighted by atomic mass is 16.4. The van der Waals surface area contributed by atoms with E-state index in [1.165, 1.54) is 6.92 Å². The molecule has 200 valence electrons. The Morgan fingerprint density at radius 1 is 0.861 bits per heavy atom. The zero-order valence-electron chi connectivity index (χ0n) is 20.6. The zero-order valence-corrected chi connectivity index (χ0v) is 20.6. The fourth-order valence-electron chi connectivity index (χ4n) is 3.40. The molecular formula is C24H36N4O8. The molecule has 0 saturated carbocycles. The molecule has 1 rings (SSSR count). The fourth-order valence-corrected chi connectivity index (χ4v) is 3.40. The van der Waals surface area contributed by atoms with Crippen molar-refractivity contribution in [3.63, 3.8) is 0 Å². The fraction of sp³-hybridized carbons (Fsp3) is 0.542. The molecule has 3 amide bonds. The summed E-state index contributed by atoms with van der Waals surface area (Å²) in [6.07, 6.45) is -1.92. The summed E-state index contributed by atoms with van der Waals surface area (Å²) in [4.78, 5) is 60.9. The van der Waals surface area contributed by atoms with Crippen molar-refractivity contribution in [2.24, 2.45) is 11.7 Å². The molecule has 0 heterocycles. The average Bonchev–Trinajstić information content (AvgIpc) is 2.78. The van der Waals surface area contributed by atoms with Gasteiger partial charge < -0.3 is 37.0 Å². The van der Waals surface area contributed by atoms with Gasteiger partial charge in [-0.25, -0.2) is 4.79 Å². The summed E-state index contributed by atoms with van der Waals surface area (Å²) in [6.45, 7) is 4.98. The summed E-state index contributed by atoms with van der Waals surface area (Å²) in [5, 5.41) is 35.7. The van der Waals surface area contributed by atoms with Gasteiger partial charge in [-0.2, -0.15) is 0 Å². The van der Waals surface area contributed by atoms with Gasteiger partial charge in [0.1, 0.15) is 18.1 Å². The lowest BCUT2D eigenvalue weighted by molar-refractivity contribution is -0.143. The van der Waals surface area contributed by atoms with Crippen molar-refractivity contribution in [2.45, 2.75) is 76.7 Å². The number of aliphatic carboxylic acids is 2. The normalized spacial score (nSPS) is 15.2. The lowest BCUT2D eigenvalue weighted by atomic mass is 10.0. The zero-order chi connectivity index (χ0) is 27.4. The SMILES string of the molecule is CC(C)CC(N)C(=O)NC(C(=O)NC(CCC(=O)O)C(=O)NC(Cc1ccccc1)C(=O)O)C(C)O. The number of aliphatic hydroxyl groups excluding tert-OH is 1. The molecule has 0 aliphatic carbocycles. The van der Waals surface area contributed by atoms with Gasteiger partial charge in [-0.15, -0.1) is 0 Å². The summed E-state index contributed by atoms with van der Waals surface area (Å²) >= 11 is 0. The maximum absolute atomic E-state index is 12.9. The first-order valence-corrected chi connectivity index (χ1v) is 11.6. The third kappa shape index (κ3) is 10.8. The predicted molar refractivity (Wildman–Crippen MR) is 130 cm³/mol. The van der Waals surface area contributed by atoms with Crippen molar-refractivity contribution in [3.05, 3.63) is 35.9 Å². The van der Waals surface area contributed by atoms with Crippen LogP contribution in [0.25, 0.3) is 0 Å². The van der Waals surface area contributed by atoms with Crippen LogP contribution in [0.2, 0.25) is 0 Å². The van der Waals surface area contributed by atoms with Gasteiger partial charge in [-0.3, -0.25) is 19.2 Å². The number of aliphatic hydroxyl groups is 1. The lowest BCUT2D eigenvalue weighted by Gasteiger charge is -2.26. The smallest absolute Gasteiger partial charge is 0.326 e. The van der Waals surface area contributed by atoms with E-state index >= 15 is 0 Å². The first-order chi connectivity index (χ1) is 16.8. The minimum Gasteiger partial charge on any atom is -0.481 e. The molecule has 0 spiro atoms. The van der Waals surface area contributed by atoms with E-state index in [9.17, 15) is 34.2 Å². The van der Waals surface area contributed by atoms with E-state index in [-0.39, 0.29) is 18.8 Å². The third-order valence-corrected chi connectivity index (χ3v) is 5.30. The number of nitrogens with one attached hydrogen (secondary N) is 3. The van der Waals surface area contributed by atoms with Gasteiger partial charge in [0.2, 0.25) is 17.7 Å². The van der Waals surface area contributed by atoms with E-state index < -0.39 is 66.4 Å². The Labute approximate surface area is 209 Å². The number of carbonyl (C=O) groups is 5. The highest BCUT2D eigenvalue weighted by Crippen LogP contribution is 2.07. The first-order valence-electron chi connectivity index (χ1n) is 11.6. The van der Waals surface area contributed by atoms with Crippen molar-refractivity contribution in [1.29, 1.82) is 0 Å². The Kier molecular flexibility index (Phi) is 12.5.